The largest absolute Gasteiger partial charge is 0.549 e. The van der Waals surface area contributed by atoms with Crippen molar-refractivity contribution in [1.29, 1.82) is 0 Å². The molecule has 2 aromatic carbocycles. The zero-order valence-electron chi connectivity index (χ0n) is 41.9. The molecule has 0 aromatic heterocycles. The van der Waals surface area contributed by atoms with Gasteiger partial charge in [-0.3, -0.25) is 38.9 Å². The molecule has 0 heterocycles. The van der Waals surface area contributed by atoms with E-state index in [2.05, 4.69) is 26.3 Å². The van der Waals surface area contributed by atoms with E-state index in [1.165, 1.54) is 12.1 Å². The van der Waals surface area contributed by atoms with Gasteiger partial charge in [-0.1, -0.05) is 56.7 Å². The zero-order chi connectivity index (χ0) is 56.0. The van der Waals surface area contributed by atoms with Crippen LogP contribution in [0.5, 0.6) is 5.75 Å². The highest BCUT2D eigenvalue weighted by molar-refractivity contribution is 6.00. The van der Waals surface area contributed by atoms with E-state index < -0.39 is 149 Å². The van der Waals surface area contributed by atoms with Crippen molar-refractivity contribution >= 4 is 65.7 Å². The number of nitrogens with zero attached hydrogens (tertiary/aromatic N) is 4. The number of carbonyl (C=O) groups is 10. The van der Waals surface area contributed by atoms with Crippen molar-refractivity contribution in [2.75, 3.05) is 78.6 Å². The Morgan fingerprint density at radius 2 is 1.32 bits per heavy atom. The summed E-state index contributed by atoms with van der Waals surface area (Å²) in [6, 6.07) is 8.29. The first-order chi connectivity index (χ1) is 35.6. The van der Waals surface area contributed by atoms with E-state index in [9.17, 15) is 73.5 Å². The van der Waals surface area contributed by atoms with Gasteiger partial charge in [0.05, 0.1) is 54.0 Å². The number of aldehydes is 1. The van der Waals surface area contributed by atoms with E-state index in [4.69, 9.17) is 21.9 Å². The number of carboxylic acid groups (broad SMARTS) is 5. The number of nitrogens with two attached hydrogens (primary N) is 3. The topological polar surface area (TPSA) is 443 Å². The summed E-state index contributed by atoms with van der Waals surface area (Å²) >= 11 is 0. The van der Waals surface area contributed by atoms with Crippen LogP contribution in [0.3, 0.4) is 0 Å². The maximum Gasteiger partial charge on any atom is 0.255 e. The van der Waals surface area contributed by atoms with Crippen molar-refractivity contribution in [2.45, 2.75) is 76.5 Å². The molecule has 10 N–H and O–H groups in total. The van der Waals surface area contributed by atoms with E-state index in [-0.39, 0.29) is 36.7 Å². The van der Waals surface area contributed by atoms with E-state index in [1.54, 1.807) is 50.2 Å². The van der Waals surface area contributed by atoms with Gasteiger partial charge in [0.2, 0.25) is 17.7 Å². The van der Waals surface area contributed by atoms with Crippen LogP contribution in [0.4, 0.5) is 0 Å². The summed E-state index contributed by atoms with van der Waals surface area (Å²) in [6.07, 6.45) is 2.68. The highest BCUT2D eigenvalue weighted by Gasteiger charge is 2.31. The summed E-state index contributed by atoms with van der Waals surface area (Å²) < 4.78 is 6.07. The number of benzene rings is 2. The lowest BCUT2D eigenvalue weighted by Gasteiger charge is -2.37. The second-order valence-electron chi connectivity index (χ2n) is 17.4. The Kier molecular flexibility index (Phi) is 28.6. The summed E-state index contributed by atoms with van der Waals surface area (Å²) in [5.74, 6) is -12.6. The van der Waals surface area contributed by atoms with Crippen LogP contribution < -0.4 is 68.7 Å². The van der Waals surface area contributed by atoms with Crippen LogP contribution in [0.2, 0.25) is 0 Å². The third kappa shape index (κ3) is 25.2. The summed E-state index contributed by atoms with van der Waals surface area (Å²) in [4.78, 5) is 132. The van der Waals surface area contributed by atoms with Gasteiger partial charge in [0.15, 0.2) is 5.96 Å². The number of aliphatic carboxylic acids is 5. The highest BCUT2D eigenvalue weighted by Crippen LogP contribution is 2.27. The number of hydrogen-bond acceptors (Lipinski definition) is 21. The predicted octanol–water partition coefficient (Wildman–Crippen LogP) is -8.63. The van der Waals surface area contributed by atoms with Crippen LogP contribution >= 0.6 is 0 Å². The maximum atomic E-state index is 14.1. The number of amides is 4. The summed E-state index contributed by atoms with van der Waals surface area (Å²) in [6.45, 7) is -3.63. The minimum Gasteiger partial charge on any atom is -0.549 e. The number of ether oxygens (including phenoxy) is 1. The molecule has 0 fully saturated rings. The summed E-state index contributed by atoms with van der Waals surface area (Å²) in [5, 5.41) is 68.6. The average Bonchev–Trinajstić information content (AvgIpc) is 3.34. The maximum absolute atomic E-state index is 14.1. The Bertz CT molecular complexity index is 2230. The molecule has 2 aromatic rings. The first-order valence-corrected chi connectivity index (χ1v) is 24.0. The molecule has 27 heteroatoms. The second-order valence-corrected chi connectivity index (χ2v) is 17.4. The average molecular weight is 1050 g/mol. The van der Waals surface area contributed by atoms with Gasteiger partial charge in [0.1, 0.15) is 30.7 Å². The fourth-order valence-corrected chi connectivity index (χ4v) is 7.51. The van der Waals surface area contributed by atoms with Crippen molar-refractivity contribution < 1.29 is 78.2 Å². The summed E-state index contributed by atoms with van der Waals surface area (Å²) in [7, 11) is 0. The number of rotatable bonds is 39. The molecule has 5 atom stereocenters. The first kappa shape index (κ1) is 63.4. The first-order valence-electron chi connectivity index (χ1n) is 24.0. The van der Waals surface area contributed by atoms with Gasteiger partial charge in [-0.05, 0) is 67.8 Å². The van der Waals surface area contributed by atoms with E-state index in [0.717, 1.165) is 14.7 Å². The standard InChI is InChI=1S/C48H71N11O16/c1-3-30(2)44(47(74)55-36(13-9-17-52-48(50)51)46(73)54-33(28-60)12-7-8-16-49)56-38(61)21-53-45(72)35-20-32(31-10-5-4-6-11-31)14-15-37(35)75-29-34(59(26-42(68)69)27-43(70)71)22-57(23-39(62)63)18-19-58(24-40(64)65)25-41(66)67/h4-6,10-11,14-15,20,28,30,33-34,36,44H,3,7-9,12-13,16-19,21-27,29,49H2,1-2H3,(H,53,72)(H,54,73)(H,55,74)(H,56,61)(H,62,63)(H,64,65)(H,66,67)(H,68,69)(H,70,71)(H4,50,51,52)/p-5/t30-,33-,34?,36+,44+/m1/s1. The lowest BCUT2D eigenvalue weighted by Crippen LogP contribution is -2.57. The van der Waals surface area contributed by atoms with Crippen molar-refractivity contribution in [3.63, 3.8) is 0 Å². The number of carbonyl (C=O) groups excluding carboxylic acids is 10. The van der Waals surface area contributed by atoms with Crippen LogP contribution in [0.1, 0.15) is 62.7 Å². The van der Waals surface area contributed by atoms with Gasteiger partial charge in [-0.15, -0.1) is 0 Å². The Morgan fingerprint density at radius 3 is 1.88 bits per heavy atom. The zero-order valence-corrected chi connectivity index (χ0v) is 41.9. The SMILES string of the molecule is CC[C@@H](C)[C@H](NC(=O)CNC(=O)c1cc(-c2ccccc2)ccc1OCC(CN(CCN(CC(=O)[O-])CC(=O)[O-])CC(=O)[O-])N(CC(=O)[O-])CC(=O)[O-])C(=O)N[C@@H](CCCN=C(N)N)C(=O)N[C@@H](C=O)CCCCN. The third-order valence-electron chi connectivity index (χ3n) is 11.5. The molecule has 4 amide bonds. The Balaban J connectivity index is 2.49. The molecule has 414 valence electrons. The van der Waals surface area contributed by atoms with Gasteiger partial charge >= 0.3 is 0 Å². The van der Waals surface area contributed by atoms with Crippen molar-refractivity contribution in [1.82, 2.24) is 36.0 Å². The molecule has 0 aliphatic heterocycles. The molecule has 0 bridgehead atoms. The van der Waals surface area contributed by atoms with Gasteiger partial charge in [0.25, 0.3) is 5.91 Å². The van der Waals surface area contributed by atoms with Gasteiger partial charge in [-0.2, -0.15) is 0 Å². The molecular formula is C48H66N11O16-5. The smallest absolute Gasteiger partial charge is 0.255 e. The molecule has 1 unspecified atom stereocenters. The highest BCUT2D eigenvalue weighted by atomic mass is 16.5. The van der Waals surface area contributed by atoms with E-state index >= 15 is 0 Å². The van der Waals surface area contributed by atoms with Crippen LogP contribution in [0, 0.1) is 5.92 Å². The molecule has 0 aliphatic rings. The number of carboxylic acids is 5. The normalized spacial score (nSPS) is 13.1. The molecule has 0 aliphatic carbocycles. The molecule has 0 saturated heterocycles. The van der Waals surface area contributed by atoms with Gasteiger partial charge in [0, 0.05) is 58.9 Å². The minimum absolute atomic E-state index is 0.0366. The van der Waals surface area contributed by atoms with Gasteiger partial charge in [-0.25, -0.2) is 0 Å². The lowest BCUT2D eigenvalue weighted by atomic mass is 9.97. The number of guanidine groups is 1. The lowest BCUT2D eigenvalue weighted by molar-refractivity contribution is -0.313. The molecule has 75 heavy (non-hydrogen) atoms. The molecule has 0 spiro atoms. The Hall–Kier alpha value is -7.75. The molecular weight excluding hydrogens is 987 g/mol. The molecule has 2 rings (SSSR count). The number of aliphatic imine (C=N–C) groups is 1. The minimum atomic E-state index is -1.76. The molecule has 0 radical (unpaired) electrons. The third-order valence-corrected chi connectivity index (χ3v) is 11.5. The number of hydrogen-bond donors (Lipinski definition) is 7. The predicted molar refractivity (Wildman–Crippen MR) is 257 cm³/mol. The van der Waals surface area contributed by atoms with Gasteiger partial charge < -0.3 is 97.5 Å². The molecule has 0 saturated carbocycles. The van der Waals surface area contributed by atoms with Crippen LogP contribution in [-0.4, -0.2) is 183 Å². The number of unbranched alkanes of at least 4 members (excludes halogenated alkanes) is 1. The van der Waals surface area contributed by atoms with Crippen LogP contribution in [0.15, 0.2) is 53.5 Å². The fourth-order valence-electron chi connectivity index (χ4n) is 7.51. The van der Waals surface area contributed by atoms with Crippen molar-refractivity contribution in [3.8, 4) is 16.9 Å². The van der Waals surface area contributed by atoms with Crippen LogP contribution in [0.25, 0.3) is 11.1 Å². The van der Waals surface area contributed by atoms with E-state index in [1.807, 2.05) is 0 Å². The molecule has 27 nitrogen and oxygen atoms in total. The van der Waals surface area contributed by atoms with Crippen molar-refractivity contribution in [3.05, 3.63) is 54.1 Å². The summed E-state index contributed by atoms with van der Waals surface area (Å²) in [5.41, 5.74) is 17.3. The Labute approximate surface area is 433 Å². The van der Waals surface area contributed by atoms with Crippen molar-refractivity contribution in [2.24, 2.45) is 28.1 Å². The van der Waals surface area contributed by atoms with Crippen LogP contribution in [-0.2, 0) is 43.2 Å². The fraction of sp³-hybridized carbons (Fsp3) is 0.521. The monoisotopic (exact) mass is 1050 g/mol. The quantitative estimate of drug-likeness (QED) is 0.0141. The number of nitrogens with one attached hydrogen (secondary N) is 4. The Morgan fingerprint density at radius 1 is 0.720 bits per heavy atom. The van der Waals surface area contributed by atoms with E-state index in [0.29, 0.717) is 49.6 Å². The second kappa shape index (κ2) is 33.9.